The van der Waals surface area contributed by atoms with Crippen LogP contribution in [0.15, 0.2) is 11.6 Å². The van der Waals surface area contributed by atoms with E-state index in [1.165, 1.54) is 24.8 Å². The molecule has 0 aliphatic rings. The molecule has 0 amide bonds. The molecule has 1 nitrogen and oxygen atoms in total. The summed E-state index contributed by atoms with van der Waals surface area (Å²) in [6, 6.07) is 0. The van der Waals surface area contributed by atoms with Crippen LogP contribution in [0.5, 0.6) is 0 Å². The van der Waals surface area contributed by atoms with Crippen molar-refractivity contribution in [2.75, 3.05) is 6.61 Å². The van der Waals surface area contributed by atoms with E-state index in [0.717, 1.165) is 12.3 Å². The van der Waals surface area contributed by atoms with Gasteiger partial charge in [-0.15, -0.1) is 0 Å². The molecule has 0 spiro atoms. The summed E-state index contributed by atoms with van der Waals surface area (Å²) in [4.78, 5) is 0. The predicted molar refractivity (Wildman–Crippen MR) is 54.1 cm³/mol. The maximum atomic E-state index is 8.65. The van der Waals surface area contributed by atoms with Crippen LogP contribution in [0.1, 0.15) is 46.5 Å². The minimum Gasteiger partial charge on any atom is -0.392 e. The molecule has 0 aromatic rings. The number of rotatable bonds is 6. The molecule has 0 saturated heterocycles. The monoisotopic (exact) mass is 170 g/mol. The van der Waals surface area contributed by atoms with Gasteiger partial charge >= 0.3 is 0 Å². The Labute approximate surface area is 76.5 Å². The fourth-order valence-corrected chi connectivity index (χ4v) is 1.44. The van der Waals surface area contributed by atoms with Gasteiger partial charge < -0.3 is 5.11 Å². The zero-order valence-corrected chi connectivity index (χ0v) is 8.64. The van der Waals surface area contributed by atoms with Crippen molar-refractivity contribution in [2.45, 2.75) is 46.5 Å². The number of unbranched alkanes of at least 4 members (excludes halogenated alkanes) is 1. The van der Waals surface area contributed by atoms with Crippen LogP contribution in [-0.4, -0.2) is 11.7 Å². The topological polar surface area (TPSA) is 20.2 Å². The number of allylic oxidation sites excluding steroid dienone is 1. The van der Waals surface area contributed by atoms with Crippen molar-refractivity contribution in [3.05, 3.63) is 11.6 Å². The van der Waals surface area contributed by atoms with Crippen LogP contribution in [0.4, 0.5) is 0 Å². The highest BCUT2D eigenvalue weighted by Gasteiger charge is 2.01. The Morgan fingerprint density at radius 2 is 2.17 bits per heavy atom. The molecule has 72 valence electrons. The number of aliphatic hydroxyl groups is 1. The van der Waals surface area contributed by atoms with Crippen molar-refractivity contribution in [1.82, 2.24) is 0 Å². The fraction of sp³-hybridized carbons (Fsp3) is 0.818. The maximum Gasteiger partial charge on any atom is 0.0614 e. The van der Waals surface area contributed by atoms with E-state index < -0.39 is 0 Å². The average molecular weight is 170 g/mol. The average Bonchev–Trinajstić information content (AvgIpc) is 2.01. The van der Waals surface area contributed by atoms with Crippen molar-refractivity contribution in [3.8, 4) is 0 Å². The molecular formula is C11H22O. The molecule has 0 radical (unpaired) electrons. The Kier molecular flexibility index (Phi) is 7.17. The molecule has 0 aromatic carbocycles. The molecule has 0 aliphatic carbocycles. The maximum absolute atomic E-state index is 8.65. The van der Waals surface area contributed by atoms with Gasteiger partial charge in [0.15, 0.2) is 0 Å². The van der Waals surface area contributed by atoms with Crippen LogP contribution in [0, 0.1) is 5.92 Å². The quantitative estimate of drug-likeness (QED) is 0.607. The van der Waals surface area contributed by atoms with E-state index in [1.807, 2.05) is 6.08 Å². The van der Waals surface area contributed by atoms with Gasteiger partial charge in [-0.1, -0.05) is 44.8 Å². The molecule has 1 heteroatoms. The van der Waals surface area contributed by atoms with E-state index in [0.29, 0.717) is 0 Å². The van der Waals surface area contributed by atoms with Gasteiger partial charge in [-0.25, -0.2) is 0 Å². The first-order chi connectivity index (χ1) is 5.70. The van der Waals surface area contributed by atoms with Gasteiger partial charge in [-0.05, 0) is 19.3 Å². The smallest absolute Gasteiger partial charge is 0.0614 e. The second-order valence-electron chi connectivity index (χ2n) is 3.68. The molecule has 12 heavy (non-hydrogen) atoms. The fourth-order valence-electron chi connectivity index (χ4n) is 1.44. The molecule has 0 aliphatic heterocycles. The minimum atomic E-state index is 0.187. The first-order valence-electron chi connectivity index (χ1n) is 4.97. The number of hydrogen-bond acceptors (Lipinski definition) is 1. The summed E-state index contributed by atoms with van der Waals surface area (Å²) >= 11 is 0. The molecule has 0 rings (SSSR count). The second kappa shape index (κ2) is 7.35. The van der Waals surface area contributed by atoms with Crippen molar-refractivity contribution in [1.29, 1.82) is 0 Å². The summed E-state index contributed by atoms with van der Waals surface area (Å²) in [5.74, 6) is 0.771. The van der Waals surface area contributed by atoms with E-state index in [-0.39, 0.29) is 6.61 Å². The highest BCUT2D eigenvalue weighted by molar-refractivity contribution is 4.98. The summed E-state index contributed by atoms with van der Waals surface area (Å²) in [5, 5.41) is 8.65. The van der Waals surface area contributed by atoms with E-state index in [1.54, 1.807) is 0 Å². The second-order valence-corrected chi connectivity index (χ2v) is 3.68. The lowest BCUT2D eigenvalue weighted by atomic mass is 9.96. The van der Waals surface area contributed by atoms with E-state index in [9.17, 15) is 0 Å². The van der Waals surface area contributed by atoms with Crippen molar-refractivity contribution >= 4 is 0 Å². The molecule has 1 N–H and O–H groups in total. The zero-order valence-electron chi connectivity index (χ0n) is 8.64. The highest BCUT2D eigenvalue weighted by atomic mass is 16.2. The molecule has 1 unspecified atom stereocenters. The van der Waals surface area contributed by atoms with Gasteiger partial charge in [-0.2, -0.15) is 0 Å². The van der Waals surface area contributed by atoms with Crippen LogP contribution < -0.4 is 0 Å². The molecule has 1 atom stereocenters. The van der Waals surface area contributed by atoms with Crippen molar-refractivity contribution < 1.29 is 5.11 Å². The molecule has 0 fully saturated rings. The molecule has 0 aromatic heterocycles. The van der Waals surface area contributed by atoms with E-state index in [2.05, 4.69) is 20.8 Å². The zero-order chi connectivity index (χ0) is 9.40. The lowest BCUT2D eigenvalue weighted by Gasteiger charge is -2.10. The van der Waals surface area contributed by atoms with Gasteiger partial charge in [-0.3, -0.25) is 0 Å². The van der Waals surface area contributed by atoms with Crippen molar-refractivity contribution in [2.24, 2.45) is 5.92 Å². The van der Waals surface area contributed by atoms with Crippen LogP contribution in [0.3, 0.4) is 0 Å². The normalized spacial score (nSPS) is 14.8. The van der Waals surface area contributed by atoms with Crippen LogP contribution in [0.25, 0.3) is 0 Å². The first kappa shape index (κ1) is 11.7. The van der Waals surface area contributed by atoms with E-state index in [4.69, 9.17) is 5.11 Å². The summed E-state index contributed by atoms with van der Waals surface area (Å²) < 4.78 is 0. The largest absolute Gasteiger partial charge is 0.392 e. The number of aliphatic hydroxyl groups excluding tert-OH is 1. The van der Waals surface area contributed by atoms with Gasteiger partial charge in [0.05, 0.1) is 6.61 Å². The first-order valence-corrected chi connectivity index (χ1v) is 4.97. The van der Waals surface area contributed by atoms with Gasteiger partial charge in [0.2, 0.25) is 0 Å². The molecule has 0 heterocycles. The van der Waals surface area contributed by atoms with Gasteiger partial charge in [0, 0.05) is 0 Å². The van der Waals surface area contributed by atoms with E-state index >= 15 is 0 Å². The SMILES string of the molecule is CCCCC(C)CC(C)=CCO. The Morgan fingerprint density at radius 3 is 2.67 bits per heavy atom. The molecule has 0 saturated carbocycles. The third kappa shape index (κ3) is 6.41. The van der Waals surface area contributed by atoms with Crippen molar-refractivity contribution in [3.63, 3.8) is 0 Å². The molecular weight excluding hydrogens is 148 g/mol. The summed E-state index contributed by atoms with van der Waals surface area (Å²) in [5.41, 5.74) is 1.32. The third-order valence-corrected chi connectivity index (χ3v) is 2.16. The lowest BCUT2D eigenvalue weighted by molar-refractivity contribution is 0.341. The standard InChI is InChI=1S/C11H22O/c1-4-5-6-10(2)9-11(3)7-8-12/h7,10,12H,4-6,8-9H2,1-3H3. The summed E-state index contributed by atoms with van der Waals surface area (Å²) in [6.07, 6.45) is 6.97. The Morgan fingerprint density at radius 1 is 1.50 bits per heavy atom. The highest BCUT2D eigenvalue weighted by Crippen LogP contribution is 2.16. The Balaban J connectivity index is 3.53. The van der Waals surface area contributed by atoms with Crippen LogP contribution >= 0.6 is 0 Å². The number of hydrogen-bond donors (Lipinski definition) is 1. The predicted octanol–water partition coefficient (Wildman–Crippen LogP) is 3.14. The Bertz CT molecular complexity index is 127. The molecule has 0 bridgehead atoms. The van der Waals surface area contributed by atoms with Gasteiger partial charge in [0.1, 0.15) is 0 Å². The minimum absolute atomic E-state index is 0.187. The van der Waals surface area contributed by atoms with Gasteiger partial charge in [0.25, 0.3) is 0 Å². The summed E-state index contributed by atoms with van der Waals surface area (Å²) in [6.45, 7) is 6.79. The van der Waals surface area contributed by atoms with Crippen LogP contribution in [0.2, 0.25) is 0 Å². The summed E-state index contributed by atoms with van der Waals surface area (Å²) in [7, 11) is 0. The lowest BCUT2D eigenvalue weighted by Crippen LogP contribution is -1.95. The Hall–Kier alpha value is -0.300. The van der Waals surface area contributed by atoms with Crippen LogP contribution in [-0.2, 0) is 0 Å². The third-order valence-electron chi connectivity index (χ3n) is 2.16.